The summed E-state index contributed by atoms with van der Waals surface area (Å²) >= 11 is 0. The van der Waals surface area contributed by atoms with E-state index in [-0.39, 0.29) is 23.3 Å². The topological polar surface area (TPSA) is 87.7 Å². The van der Waals surface area contributed by atoms with E-state index in [1.54, 1.807) is 12.0 Å². The molecule has 244 valence electrons. The molecule has 2 bridgehead atoms. The molecule has 0 radical (unpaired) electrons. The van der Waals surface area contributed by atoms with E-state index in [2.05, 4.69) is 55.7 Å². The maximum absolute atomic E-state index is 14.0. The Kier molecular flexibility index (Phi) is 10.2. The van der Waals surface area contributed by atoms with Crippen LogP contribution in [0.2, 0.25) is 0 Å². The zero-order valence-electron chi connectivity index (χ0n) is 28.0. The Morgan fingerprint density at radius 2 is 1.50 bits per heavy atom. The number of carbonyl (C=O) groups is 3. The predicted molar refractivity (Wildman–Crippen MR) is 183 cm³/mol. The van der Waals surface area contributed by atoms with Crippen LogP contribution in [0.1, 0.15) is 106 Å². The van der Waals surface area contributed by atoms with Crippen molar-refractivity contribution in [2.45, 2.75) is 89.6 Å². The van der Waals surface area contributed by atoms with E-state index in [1.807, 2.05) is 55.6 Å². The third-order valence-electron chi connectivity index (χ3n) is 10.3. The van der Waals surface area contributed by atoms with Crippen LogP contribution in [0, 0.1) is 5.41 Å². The second-order valence-corrected chi connectivity index (χ2v) is 13.6. The van der Waals surface area contributed by atoms with Gasteiger partial charge in [0.2, 0.25) is 11.8 Å². The van der Waals surface area contributed by atoms with Crippen molar-refractivity contribution in [2.24, 2.45) is 5.41 Å². The Bertz CT molecular complexity index is 1510. The van der Waals surface area contributed by atoms with Crippen molar-refractivity contribution in [3.05, 3.63) is 89.5 Å². The Hall–Kier alpha value is -4.13. The van der Waals surface area contributed by atoms with Gasteiger partial charge in [-0.05, 0) is 79.7 Å². The van der Waals surface area contributed by atoms with Gasteiger partial charge in [0.05, 0.1) is 12.7 Å². The molecule has 1 atom stereocenters. The van der Waals surface area contributed by atoms with Gasteiger partial charge in [-0.3, -0.25) is 14.4 Å². The Labute approximate surface area is 274 Å². The summed E-state index contributed by atoms with van der Waals surface area (Å²) < 4.78 is 5.72. The summed E-state index contributed by atoms with van der Waals surface area (Å²) in [5.41, 5.74) is 3.44. The molecular weight excluding hydrogens is 574 g/mol. The summed E-state index contributed by atoms with van der Waals surface area (Å²) in [6.45, 7) is 7.08. The lowest BCUT2D eigenvalue weighted by Crippen LogP contribution is -2.60. The van der Waals surface area contributed by atoms with E-state index in [4.69, 9.17) is 4.74 Å². The molecule has 3 aliphatic carbocycles. The molecule has 3 aliphatic rings. The molecule has 46 heavy (non-hydrogen) atoms. The first-order valence-electron chi connectivity index (χ1n) is 16.8. The average Bonchev–Trinajstić information content (AvgIpc) is 3.09. The molecule has 6 rings (SSSR count). The lowest BCUT2D eigenvalue weighted by Gasteiger charge is -2.52. The molecule has 0 aromatic heterocycles. The summed E-state index contributed by atoms with van der Waals surface area (Å²) in [5, 5.41) is 6.59. The second-order valence-electron chi connectivity index (χ2n) is 13.6. The van der Waals surface area contributed by atoms with Crippen LogP contribution in [0.25, 0.3) is 11.1 Å². The van der Waals surface area contributed by atoms with Crippen LogP contribution in [-0.2, 0) is 9.59 Å². The largest absolute Gasteiger partial charge is 0.496 e. The van der Waals surface area contributed by atoms with Gasteiger partial charge in [-0.2, -0.15) is 0 Å². The minimum absolute atomic E-state index is 0.0573. The lowest BCUT2D eigenvalue weighted by atomic mass is 9.56. The highest BCUT2D eigenvalue weighted by Gasteiger charge is 2.53. The average molecular weight is 624 g/mol. The molecular formula is C39H49N3O4. The third-order valence-corrected chi connectivity index (χ3v) is 10.3. The number of ether oxygens (including phenoxy) is 1. The zero-order chi connectivity index (χ0) is 32.9. The highest BCUT2D eigenvalue weighted by molar-refractivity contribution is 6.03. The van der Waals surface area contributed by atoms with Crippen molar-refractivity contribution in [2.75, 3.05) is 20.7 Å². The van der Waals surface area contributed by atoms with Gasteiger partial charge in [0.1, 0.15) is 11.8 Å². The number of likely N-dealkylation sites (N-methyl/N-ethyl adjacent to an activating group) is 1. The van der Waals surface area contributed by atoms with Crippen LogP contribution in [0.3, 0.4) is 0 Å². The quantitative estimate of drug-likeness (QED) is 0.220. The number of hydrogen-bond acceptors (Lipinski definition) is 4. The molecule has 3 saturated carbocycles. The molecule has 0 unspecified atom stereocenters. The first-order valence-corrected chi connectivity index (χ1v) is 16.8. The summed E-state index contributed by atoms with van der Waals surface area (Å²) in [7, 11) is 3.44. The van der Waals surface area contributed by atoms with Crippen LogP contribution in [0.4, 0.5) is 0 Å². The summed E-state index contributed by atoms with van der Waals surface area (Å²) in [6, 6.07) is 22.8. The van der Waals surface area contributed by atoms with Crippen molar-refractivity contribution >= 4 is 17.7 Å². The first-order chi connectivity index (χ1) is 22.1. The van der Waals surface area contributed by atoms with Crippen LogP contribution in [0.15, 0.2) is 72.8 Å². The molecule has 3 aromatic rings. The minimum atomic E-state index is -0.723. The van der Waals surface area contributed by atoms with Crippen molar-refractivity contribution in [1.29, 1.82) is 0 Å². The number of benzene rings is 3. The van der Waals surface area contributed by atoms with Gasteiger partial charge in [-0.1, -0.05) is 87.9 Å². The zero-order valence-corrected chi connectivity index (χ0v) is 28.0. The summed E-state index contributed by atoms with van der Waals surface area (Å²) in [6.07, 6.45) is 6.06. The predicted octanol–water partition coefficient (Wildman–Crippen LogP) is 7.42. The highest BCUT2D eigenvalue weighted by Crippen LogP contribution is 2.53. The number of methoxy groups -OCH3 is 1. The van der Waals surface area contributed by atoms with Gasteiger partial charge in [-0.25, -0.2) is 0 Å². The smallest absolute Gasteiger partial charge is 0.252 e. The number of rotatable bonds is 12. The van der Waals surface area contributed by atoms with Crippen LogP contribution < -0.4 is 15.4 Å². The Balaban J connectivity index is 1.31. The maximum atomic E-state index is 14.0. The van der Waals surface area contributed by atoms with E-state index in [0.29, 0.717) is 43.0 Å². The Morgan fingerprint density at radius 1 is 0.848 bits per heavy atom. The highest BCUT2D eigenvalue weighted by atomic mass is 16.5. The maximum Gasteiger partial charge on any atom is 0.252 e. The number of amides is 3. The van der Waals surface area contributed by atoms with Gasteiger partial charge >= 0.3 is 0 Å². The standard InChI is InChI=1S/C39H49N3O4/c1-6-7-26-42(4)36(44)34(30-12-9-8-10-13-30)40-37(45)38-20-23-39(24-21-38,25-22-38)41-35(43)31-14-11-15-32(46-5)33(31)29-18-16-28(17-19-29)27(2)3/h8-19,27,34H,6-7,20-26H2,1-5H3,(H,40,45)(H,41,43)/t34-,38?,39?/m0/s1. The third kappa shape index (κ3) is 6.84. The molecule has 3 aromatic carbocycles. The van der Waals surface area contributed by atoms with Gasteiger partial charge in [0.15, 0.2) is 0 Å². The number of nitrogens with zero attached hydrogens (tertiary/aromatic N) is 1. The summed E-state index contributed by atoms with van der Waals surface area (Å²) in [5.74, 6) is 0.805. The monoisotopic (exact) mass is 623 g/mol. The molecule has 7 heteroatoms. The second kappa shape index (κ2) is 14.1. The molecule has 3 fully saturated rings. The van der Waals surface area contributed by atoms with Gasteiger partial charge in [0, 0.05) is 30.1 Å². The van der Waals surface area contributed by atoms with Crippen molar-refractivity contribution < 1.29 is 19.1 Å². The molecule has 2 N–H and O–H groups in total. The van der Waals surface area contributed by atoms with Crippen LogP contribution in [-0.4, -0.2) is 48.9 Å². The van der Waals surface area contributed by atoms with Crippen molar-refractivity contribution in [3.8, 4) is 16.9 Å². The molecule has 0 saturated heterocycles. The number of carbonyl (C=O) groups excluding carboxylic acids is 3. The Morgan fingerprint density at radius 3 is 2.09 bits per heavy atom. The molecule has 7 nitrogen and oxygen atoms in total. The van der Waals surface area contributed by atoms with Crippen LogP contribution in [0.5, 0.6) is 5.75 Å². The van der Waals surface area contributed by atoms with E-state index in [9.17, 15) is 14.4 Å². The first kappa shape index (κ1) is 33.2. The van der Waals surface area contributed by atoms with Gasteiger partial charge in [-0.15, -0.1) is 0 Å². The lowest BCUT2D eigenvalue weighted by molar-refractivity contribution is -0.143. The number of unbranched alkanes of at least 4 members (excludes halogenated alkanes) is 1. The van der Waals surface area contributed by atoms with Gasteiger partial charge in [0.25, 0.3) is 5.91 Å². The van der Waals surface area contributed by atoms with E-state index < -0.39 is 11.5 Å². The minimum Gasteiger partial charge on any atom is -0.496 e. The van der Waals surface area contributed by atoms with E-state index in [1.165, 1.54) is 5.56 Å². The summed E-state index contributed by atoms with van der Waals surface area (Å²) in [4.78, 5) is 43.3. The van der Waals surface area contributed by atoms with Crippen LogP contribution >= 0.6 is 0 Å². The molecule has 0 spiro atoms. The number of fused-ring (bicyclic) bond motifs is 3. The number of hydrogen-bond donors (Lipinski definition) is 2. The van der Waals surface area contributed by atoms with Crippen molar-refractivity contribution in [3.63, 3.8) is 0 Å². The normalized spacial score (nSPS) is 21.0. The molecule has 0 aliphatic heterocycles. The van der Waals surface area contributed by atoms with E-state index in [0.717, 1.165) is 48.8 Å². The fourth-order valence-electron chi connectivity index (χ4n) is 7.19. The SMILES string of the molecule is CCCCN(C)C(=O)[C@@H](NC(=O)C12CCC(NC(=O)c3cccc(OC)c3-c3ccc(C(C)C)cc3)(CC1)CC2)c1ccccc1. The van der Waals surface area contributed by atoms with Gasteiger partial charge < -0.3 is 20.3 Å². The molecule has 3 amide bonds. The number of nitrogens with one attached hydrogen (secondary N) is 2. The fraction of sp³-hybridized carbons (Fsp3) is 0.462. The fourth-order valence-corrected chi connectivity index (χ4v) is 7.19. The van der Waals surface area contributed by atoms with Crippen molar-refractivity contribution in [1.82, 2.24) is 15.5 Å². The molecule has 0 heterocycles. The van der Waals surface area contributed by atoms with E-state index >= 15 is 0 Å².